The third-order valence-electron chi connectivity index (χ3n) is 4.08. The number of β-amino-alcohol motifs (C(OH)–C–C–N with tert-alkyl or cyclic N) is 1. The van der Waals surface area contributed by atoms with Crippen LogP contribution in [-0.4, -0.2) is 36.3 Å². The monoisotopic (exact) mass is 271 g/mol. The van der Waals surface area contributed by atoms with E-state index < -0.39 is 0 Å². The predicted molar refractivity (Wildman–Crippen MR) is 81.0 cm³/mol. The van der Waals surface area contributed by atoms with E-state index >= 15 is 0 Å². The van der Waals surface area contributed by atoms with Crippen LogP contribution in [0.5, 0.6) is 5.75 Å². The maximum Gasteiger partial charge on any atom is 0.123 e. The molecular weight excluding hydrogens is 250 g/mol. The van der Waals surface area contributed by atoms with E-state index in [9.17, 15) is 5.11 Å². The van der Waals surface area contributed by atoms with Crippen LogP contribution in [0.4, 0.5) is 0 Å². The van der Waals surface area contributed by atoms with Crippen molar-refractivity contribution in [3.8, 4) is 5.75 Å². The number of piperidine rings is 1. The summed E-state index contributed by atoms with van der Waals surface area (Å²) in [6.45, 7) is 2.64. The van der Waals surface area contributed by atoms with Crippen molar-refractivity contribution < 1.29 is 9.84 Å². The van der Waals surface area contributed by atoms with Gasteiger partial charge in [0.2, 0.25) is 0 Å². The maximum atomic E-state index is 9.82. The van der Waals surface area contributed by atoms with Gasteiger partial charge >= 0.3 is 0 Å². The molecule has 3 rings (SSSR count). The summed E-state index contributed by atoms with van der Waals surface area (Å²) in [6, 6.07) is 12.5. The number of methoxy groups -OCH3 is 1. The third kappa shape index (κ3) is 2.65. The van der Waals surface area contributed by atoms with Crippen molar-refractivity contribution in [2.75, 3.05) is 20.2 Å². The highest BCUT2D eigenvalue weighted by atomic mass is 16.5. The molecule has 1 N–H and O–H groups in total. The summed E-state index contributed by atoms with van der Waals surface area (Å²) in [5.41, 5.74) is 1.22. The van der Waals surface area contributed by atoms with Crippen LogP contribution in [0.25, 0.3) is 10.8 Å². The van der Waals surface area contributed by atoms with Crippen LogP contribution in [0.15, 0.2) is 36.4 Å². The van der Waals surface area contributed by atoms with E-state index in [1.54, 1.807) is 7.11 Å². The van der Waals surface area contributed by atoms with E-state index in [0.717, 1.165) is 38.2 Å². The number of aliphatic hydroxyl groups excluding tert-OH is 1. The van der Waals surface area contributed by atoms with Gasteiger partial charge in [-0.05, 0) is 36.2 Å². The molecular formula is C17H21NO2. The Bertz CT molecular complexity index is 597. The molecule has 1 atom stereocenters. The zero-order valence-corrected chi connectivity index (χ0v) is 11.9. The molecule has 2 aromatic rings. The highest BCUT2D eigenvalue weighted by Crippen LogP contribution is 2.29. The second kappa shape index (κ2) is 5.81. The number of aliphatic hydroxyl groups is 1. The van der Waals surface area contributed by atoms with E-state index in [1.807, 2.05) is 6.07 Å². The number of fused-ring (bicyclic) bond motifs is 1. The molecule has 1 aliphatic rings. The van der Waals surface area contributed by atoms with Crippen LogP contribution in [0.3, 0.4) is 0 Å². The molecule has 20 heavy (non-hydrogen) atoms. The van der Waals surface area contributed by atoms with Gasteiger partial charge in [0.05, 0.1) is 13.2 Å². The highest BCUT2D eigenvalue weighted by Gasteiger charge is 2.19. The fourth-order valence-corrected chi connectivity index (χ4v) is 3.07. The fraction of sp³-hybridized carbons (Fsp3) is 0.412. The first-order valence-electron chi connectivity index (χ1n) is 7.23. The predicted octanol–water partition coefficient (Wildman–Crippen LogP) is 2.81. The Balaban J connectivity index is 1.96. The molecule has 3 heteroatoms. The van der Waals surface area contributed by atoms with Crippen LogP contribution < -0.4 is 4.74 Å². The van der Waals surface area contributed by atoms with Gasteiger partial charge in [-0.3, -0.25) is 4.90 Å². The SMILES string of the molecule is COc1ccc2ccccc2c1CN1CCCC(O)C1. The number of hydrogen-bond donors (Lipinski definition) is 1. The standard InChI is InChI=1S/C17H21NO2/c1-20-17-9-8-13-5-2-3-7-15(13)16(17)12-18-10-4-6-14(19)11-18/h2-3,5,7-9,14,19H,4,6,10-12H2,1H3. The maximum absolute atomic E-state index is 9.82. The fourth-order valence-electron chi connectivity index (χ4n) is 3.07. The Kier molecular flexibility index (Phi) is 3.90. The summed E-state index contributed by atoms with van der Waals surface area (Å²) in [4.78, 5) is 2.32. The van der Waals surface area contributed by atoms with Gasteiger partial charge in [-0.15, -0.1) is 0 Å². The average Bonchev–Trinajstić information content (AvgIpc) is 2.48. The van der Waals surface area contributed by atoms with E-state index in [1.165, 1.54) is 16.3 Å². The minimum atomic E-state index is -0.190. The summed E-state index contributed by atoms with van der Waals surface area (Å²) in [5, 5.41) is 12.3. The number of nitrogens with zero attached hydrogens (tertiary/aromatic N) is 1. The zero-order valence-electron chi connectivity index (χ0n) is 11.9. The van der Waals surface area contributed by atoms with Crippen LogP contribution in [0.1, 0.15) is 18.4 Å². The van der Waals surface area contributed by atoms with Crippen molar-refractivity contribution in [2.45, 2.75) is 25.5 Å². The van der Waals surface area contributed by atoms with Crippen LogP contribution in [0, 0.1) is 0 Å². The summed E-state index contributed by atoms with van der Waals surface area (Å²) in [7, 11) is 1.72. The van der Waals surface area contributed by atoms with E-state index in [-0.39, 0.29) is 6.10 Å². The summed E-state index contributed by atoms with van der Waals surface area (Å²) < 4.78 is 5.53. The lowest BCUT2D eigenvalue weighted by Crippen LogP contribution is -2.37. The normalized spacial score (nSPS) is 20.2. The molecule has 0 aromatic heterocycles. The smallest absolute Gasteiger partial charge is 0.123 e. The first kappa shape index (κ1) is 13.4. The number of likely N-dealkylation sites (tertiary alicyclic amines) is 1. The lowest BCUT2D eigenvalue weighted by Gasteiger charge is -2.30. The number of benzene rings is 2. The molecule has 106 valence electrons. The number of ether oxygens (including phenoxy) is 1. The Morgan fingerprint density at radius 1 is 1.25 bits per heavy atom. The molecule has 3 nitrogen and oxygen atoms in total. The van der Waals surface area contributed by atoms with Crippen molar-refractivity contribution in [2.24, 2.45) is 0 Å². The van der Waals surface area contributed by atoms with E-state index in [2.05, 4.69) is 35.2 Å². The minimum Gasteiger partial charge on any atom is -0.496 e. The third-order valence-corrected chi connectivity index (χ3v) is 4.08. The Labute approximate surface area is 119 Å². The zero-order chi connectivity index (χ0) is 13.9. The quantitative estimate of drug-likeness (QED) is 0.931. The molecule has 1 fully saturated rings. The van der Waals surface area contributed by atoms with Crippen molar-refractivity contribution in [1.29, 1.82) is 0 Å². The van der Waals surface area contributed by atoms with E-state index in [4.69, 9.17) is 4.74 Å². The van der Waals surface area contributed by atoms with Crippen molar-refractivity contribution in [3.05, 3.63) is 42.0 Å². The molecule has 0 aliphatic carbocycles. The molecule has 1 heterocycles. The van der Waals surface area contributed by atoms with Crippen LogP contribution >= 0.6 is 0 Å². The van der Waals surface area contributed by atoms with Gasteiger partial charge in [0.25, 0.3) is 0 Å². The van der Waals surface area contributed by atoms with Gasteiger partial charge in [0.15, 0.2) is 0 Å². The van der Waals surface area contributed by atoms with Crippen LogP contribution in [0.2, 0.25) is 0 Å². The topological polar surface area (TPSA) is 32.7 Å². The molecule has 1 unspecified atom stereocenters. The molecule has 1 saturated heterocycles. The Morgan fingerprint density at radius 3 is 2.90 bits per heavy atom. The van der Waals surface area contributed by atoms with Gasteiger partial charge in [-0.1, -0.05) is 30.3 Å². The molecule has 1 aliphatic heterocycles. The first-order valence-corrected chi connectivity index (χ1v) is 7.23. The minimum absolute atomic E-state index is 0.190. The van der Waals surface area contributed by atoms with Crippen molar-refractivity contribution in [3.63, 3.8) is 0 Å². The van der Waals surface area contributed by atoms with Crippen molar-refractivity contribution in [1.82, 2.24) is 4.90 Å². The van der Waals surface area contributed by atoms with Crippen molar-refractivity contribution >= 4 is 10.8 Å². The summed E-state index contributed by atoms with van der Waals surface area (Å²) in [5.74, 6) is 0.934. The number of rotatable bonds is 3. The second-order valence-corrected chi connectivity index (χ2v) is 5.50. The molecule has 0 spiro atoms. The van der Waals surface area contributed by atoms with Crippen LogP contribution in [-0.2, 0) is 6.54 Å². The molecule has 2 aromatic carbocycles. The van der Waals surface area contributed by atoms with E-state index in [0.29, 0.717) is 0 Å². The number of hydrogen-bond acceptors (Lipinski definition) is 3. The first-order chi connectivity index (χ1) is 9.78. The van der Waals surface area contributed by atoms with Gasteiger partial charge in [0.1, 0.15) is 5.75 Å². The molecule has 0 radical (unpaired) electrons. The Morgan fingerprint density at radius 2 is 2.10 bits per heavy atom. The largest absolute Gasteiger partial charge is 0.496 e. The van der Waals surface area contributed by atoms with Gasteiger partial charge < -0.3 is 9.84 Å². The summed E-state index contributed by atoms with van der Waals surface area (Å²) >= 11 is 0. The van der Waals surface area contributed by atoms with Gasteiger partial charge in [-0.2, -0.15) is 0 Å². The second-order valence-electron chi connectivity index (χ2n) is 5.50. The molecule has 0 bridgehead atoms. The molecule has 0 saturated carbocycles. The van der Waals surface area contributed by atoms with Gasteiger partial charge in [-0.25, -0.2) is 0 Å². The lowest BCUT2D eigenvalue weighted by molar-refractivity contribution is 0.0666. The summed E-state index contributed by atoms with van der Waals surface area (Å²) in [6.07, 6.45) is 1.79. The van der Waals surface area contributed by atoms with Gasteiger partial charge in [0, 0.05) is 18.7 Å². The Hall–Kier alpha value is -1.58. The highest BCUT2D eigenvalue weighted by molar-refractivity contribution is 5.87. The lowest BCUT2D eigenvalue weighted by atomic mass is 10.0. The molecule has 0 amide bonds. The average molecular weight is 271 g/mol.